The van der Waals surface area contributed by atoms with Crippen LogP contribution < -0.4 is 5.32 Å². The molecule has 28 heavy (non-hydrogen) atoms. The second-order valence-corrected chi connectivity index (χ2v) is 8.47. The standard InChI is InChI=1S/C22H40N2O4.H2/c1-4-27-15-16-28-14-11-23-22(26)19-9-12-24(13-10-19)20-7-5-18(6-8-20)21(25)17(2)3;/h17-20H,4-16H2,1-3H3,(H,23,26);1H. The molecule has 164 valence electrons. The monoisotopic (exact) mass is 398 g/mol. The average Bonchev–Trinajstić information content (AvgIpc) is 2.72. The predicted octanol–water partition coefficient (Wildman–Crippen LogP) is 2.90. The highest BCUT2D eigenvalue weighted by Gasteiger charge is 2.33. The Morgan fingerprint density at radius 3 is 2.21 bits per heavy atom. The number of ketones is 1. The topological polar surface area (TPSA) is 67.9 Å². The van der Waals surface area contributed by atoms with Crippen molar-refractivity contribution >= 4 is 11.7 Å². The third-order valence-corrected chi connectivity index (χ3v) is 6.21. The Morgan fingerprint density at radius 1 is 0.964 bits per heavy atom. The number of nitrogens with one attached hydrogen (secondary N) is 1. The number of rotatable bonds is 11. The maximum absolute atomic E-state index is 12.4. The van der Waals surface area contributed by atoms with Gasteiger partial charge in [-0.25, -0.2) is 0 Å². The highest BCUT2D eigenvalue weighted by Crippen LogP contribution is 2.32. The first-order valence-electron chi connectivity index (χ1n) is 11.2. The summed E-state index contributed by atoms with van der Waals surface area (Å²) in [5.74, 6) is 1.16. The summed E-state index contributed by atoms with van der Waals surface area (Å²) in [6.45, 7) is 11.0. The molecule has 0 aromatic heterocycles. The molecule has 1 aliphatic carbocycles. The van der Waals surface area contributed by atoms with Crippen molar-refractivity contribution in [2.45, 2.75) is 65.3 Å². The Balaban J connectivity index is 0.00000420. The maximum Gasteiger partial charge on any atom is 0.223 e. The molecule has 1 amide bonds. The van der Waals surface area contributed by atoms with Crippen molar-refractivity contribution in [3.05, 3.63) is 0 Å². The lowest BCUT2D eigenvalue weighted by Crippen LogP contribution is -2.46. The lowest BCUT2D eigenvalue weighted by molar-refractivity contribution is -0.128. The molecule has 0 aromatic rings. The number of piperidine rings is 1. The van der Waals surface area contributed by atoms with Gasteiger partial charge in [0.05, 0.1) is 19.8 Å². The number of carbonyl (C=O) groups is 2. The van der Waals surface area contributed by atoms with E-state index in [0.717, 1.165) is 51.6 Å². The van der Waals surface area contributed by atoms with E-state index in [-0.39, 0.29) is 25.1 Å². The number of likely N-dealkylation sites (tertiary alicyclic amines) is 1. The minimum atomic E-state index is 0. The van der Waals surface area contributed by atoms with Crippen LogP contribution in [0.1, 0.15) is 60.7 Å². The fourth-order valence-electron chi connectivity index (χ4n) is 4.48. The Hall–Kier alpha value is -0.980. The molecule has 0 unspecified atom stereocenters. The van der Waals surface area contributed by atoms with Crippen molar-refractivity contribution in [1.29, 1.82) is 0 Å². The summed E-state index contributed by atoms with van der Waals surface area (Å²) in [4.78, 5) is 27.1. The summed E-state index contributed by atoms with van der Waals surface area (Å²) in [5, 5.41) is 3.01. The fraction of sp³-hybridized carbons (Fsp3) is 0.909. The van der Waals surface area contributed by atoms with Gasteiger partial charge >= 0.3 is 0 Å². The molecular weight excluding hydrogens is 356 g/mol. The van der Waals surface area contributed by atoms with Crippen molar-refractivity contribution in [3.63, 3.8) is 0 Å². The van der Waals surface area contributed by atoms with Crippen LogP contribution in [0.5, 0.6) is 0 Å². The van der Waals surface area contributed by atoms with Gasteiger partial charge in [0.2, 0.25) is 5.91 Å². The van der Waals surface area contributed by atoms with Gasteiger partial charge in [-0.15, -0.1) is 0 Å². The minimum Gasteiger partial charge on any atom is -0.379 e. The van der Waals surface area contributed by atoms with E-state index in [0.29, 0.717) is 44.8 Å². The molecule has 1 aliphatic heterocycles. The van der Waals surface area contributed by atoms with Gasteiger partial charge in [-0.2, -0.15) is 0 Å². The molecule has 1 N–H and O–H groups in total. The molecule has 0 atom stereocenters. The zero-order valence-corrected chi connectivity index (χ0v) is 18.1. The lowest BCUT2D eigenvalue weighted by atomic mass is 9.79. The predicted molar refractivity (Wildman–Crippen MR) is 112 cm³/mol. The fourth-order valence-corrected chi connectivity index (χ4v) is 4.48. The molecule has 2 fully saturated rings. The number of hydrogen-bond donors (Lipinski definition) is 1. The van der Waals surface area contributed by atoms with Gasteiger partial charge in [-0.3, -0.25) is 9.59 Å². The molecule has 6 nitrogen and oxygen atoms in total. The molecule has 0 bridgehead atoms. The third-order valence-electron chi connectivity index (χ3n) is 6.21. The van der Waals surface area contributed by atoms with Crippen LogP contribution in [-0.4, -0.2) is 68.7 Å². The van der Waals surface area contributed by atoms with Crippen LogP contribution in [0.25, 0.3) is 0 Å². The first-order valence-corrected chi connectivity index (χ1v) is 11.2. The molecule has 2 aliphatic rings. The second-order valence-electron chi connectivity index (χ2n) is 8.47. The van der Waals surface area contributed by atoms with E-state index in [4.69, 9.17) is 9.47 Å². The summed E-state index contributed by atoms with van der Waals surface area (Å²) < 4.78 is 10.6. The van der Waals surface area contributed by atoms with Crippen molar-refractivity contribution in [2.75, 3.05) is 46.1 Å². The van der Waals surface area contributed by atoms with E-state index in [1.807, 2.05) is 20.8 Å². The Kier molecular flexibility index (Phi) is 10.4. The minimum absolute atomic E-state index is 0. The lowest BCUT2D eigenvalue weighted by Gasteiger charge is -2.40. The van der Waals surface area contributed by atoms with Gasteiger partial charge in [0, 0.05) is 38.4 Å². The largest absolute Gasteiger partial charge is 0.379 e. The smallest absolute Gasteiger partial charge is 0.223 e. The van der Waals surface area contributed by atoms with Gasteiger partial charge < -0.3 is 19.7 Å². The van der Waals surface area contributed by atoms with E-state index in [2.05, 4.69) is 10.2 Å². The number of ether oxygens (including phenoxy) is 2. The Morgan fingerprint density at radius 2 is 1.61 bits per heavy atom. The van der Waals surface area contributed by atoms with Crippen LogP contribution in [-0.2, 0) is 19.1 Å². The van der Waals surface area contributed by atoms with E-state index >= 15 is 0 Å². The molecule has 1 saturated heterocycles. The average molecular weight is 399 g/mol. The molecule has 0 radical (unpaired) electrons. The van der Waals surface area contributed by atoms with Crippen LogP contribution in [0.15, 0.2) is 0 Å². The van der Waals surface area contributed by atoms with Crippen LogP contribution in [0.3, 0.4) is 0 Å². The van der Waals surface area contributed by atoms with Gasteiger partial charge in [0.1, 0.15) is 5.78 Å². The van der Waals surface area contributed by atoms with Gasteiger partial charge in [0.15, 0.2) is 0 Å². The van der Waals surface area contributed by atoms with Crippen molar-refractivity contribution in [3.8, 4) is 0 Å². The molecule has 6 heteroatoms. The van der Waals surface area contributed by atoms with Gasteiger partial charge in [0.25, 0.3) is 0 Å². The van der Waals surface area contributed by atoms with Gasteiger partial charge in [-0.1, -0.05) is 13.8 Å². The summed E-state index contributed by atoms with van der Waals surface area (Å²) in [5.41, 5.74) is 0. The van der Waals surface area contributed by atoms with E-state index in [1.54, 1.807) is 0 Å². The maximum atomic E-state index is 12.4. The third kappa shape index (κ3) is 7.45. The highest BCUT2D eigenvalue weighted by molar-refractivity contribution is 5.82. The SMILES string of the molecule is CCOCCOCCNC(=O)C1CCN(C2CCC(C(=O)C(C)C)CC2)CC1.[HH]. The molecule has 0 spiro atoms. The number of amides is 1. The van der Waals surface area contributed by atoms with E-state index in [9.17, 15) is 9.59 Å². The van der Waals surface area contributed by atoms with Crippen molar-refractivity contribution < 1.29 is 20.5 Å². The molecule has 0 aromatic carbocycles. The van der Waals surface area contributed by atoms with Crippen LogP contribution in [0.4, 0.5) is 0 Å². The number of Topliss-reactive ketones (excluding diaryl/α,β-unsaturated/α-hetero) is 1. The summed E-state index contributed by atoms with van der Waals surface area (Å²) >= 11 is 0. The van der Waals surface area contributed by atoms with Crippen molar-refractivity contribution in [2.24, 2.45) is 17.8 Å². The molecular formula is C22H42N2O4. The molecule has 2 rings (SSSR count). The van der Waals surface area contributed by atoms with Gasteiger partial charge in [-0.05, 0) is 58.5 Å². The zero-order valence-electron chi connectivity index (χ0n) is 18.1. The Labute approximate surface area is 172 Å². The number of hydrogen-bond acceptors (Lipinski definition) is 5. The number of nitrogens with zero attached hydrogens (tertiary/aromatic N) is 1. The quantitative estimate of drug-likeness (QED) is 0.542. The first kappa shape index (κ1) is 23.3. The van der Waals surface area contributed by atoms with Crippen molar-refractivity contribution in [1.82, 2.24) is 10.2 Å². The highest BCUT2D eigenvalue weighted by atomic mass is 16.5. The van der Waals surface area contributed by atoms with E-state index < -0.39 is 0 Å². The first-order chi connectivity index (χ1) is 13.5. The van der Waals surface area contributed by atoms with E-state index in [1.165, 1.54) is 0 Å². The summed E-state index contributed by atoms with van der Waals surface area (Å²) in [6.07, 6.45) is 6.18. The summed E-state index contributed by atoms with van der Waals surface area (Å²) in [6, 6.07) is 0.596. The molecule has 1 heterocycles. The zero-order chi connectivity index (χ0) is 20.4. The van der Waals surface area contributed by atoms with Crippen LogP contribution in [0.2, 0.25) is 0 Å². The normalized spacial score (nSPS) is 24.4. The molecule has 1 saturated carbocycles. The number of carbonyl (C=O) groups excluding carboxylic acids is 2. The second kappa shape index (κ2) is 12.6. The Bertz CT molecular complexity index is 473. The summed E-state index contributed by atoms with van der Waals surface area (Å²) in [7, 11) is 0. The van der Waals surface area contributed by atoms with Crippen LogP contribution in [0, 0.1) is 17.8 Å². The van der Waals surface area contributed by atoms with Crippen LogP contribution >= 0.6 is 0 Å².